The maximum absolute atomic E-state index is 12.3. The number of amides is 2. The fourth-order valence-corrected chi connectivity index (χ4v) is 3.47. The SMILES string of the molecule is CCC1CCCN(C(=O)NC(C(=O)O)c2cccs2)CC1. The molecule has 1 aromatic rings. The second-order valence-corrected chi connectivity index (χ2v) is 6.41. The lowest BCUT2D eigenvalue weighted by molar-refractivity contribution is -0.139. The second kappa shape index (κ2) is 7.45. The van der Waals surface area contributed by atoms with Crippen LogP contribution in [0.25, 0.3) is 0 Å². The van der Waals surface area contributed by atoms with Crippen LogP contribution in [0.15, 0.2) is 17.5 Å². The number of carboxylic acids is 1. The number of hydrogen-bond donors (Lipinski definition) is 2. The van der Waals surface area contributed by atoms with Gasteiger partial charge in [0.05, 0.1) is 0 Å². The zero-order valence-electron chi connectivity index (χ0n) is 12.2. The Morgan fingerprint density at radius 3 is 2.90 bits per heavy atom. The number of thiophene rings is 1. The molecule has 1 fully saturated rings. The van der Waals surface area contributed by atoms with Crippen molar-refractivity contribution in [1.82, 2.24) is 10.2 Å². The van der Waals surface area contributed by atoms with Gasteiger partial charge in [-0.2, -0.15) is 0 Å². The van der Waals surface area contributed by atoms with Crippen molar-refractivity contribution < 1.29 is 14.7 Å². The van der Waals surface area contributed by atoms with E-state index in [1.54, 1.807) is 17.0 Å². The van der Waals surface area contributed by atoms with Gasteiger partial charge in [-0.25, -0.2) is 9.59 Å². The van der Waals surface area contributed by atoms with Gasteiger partial charge in [-0.1, -0.05) is 19.4 Å². The second-order valence-electron chi connectivity index (χ2n) is 5.43. The molecule has 2 atom stereocenters. The molecule has 0 radical (unpaired) electrons. The monoisotopic (exact) mass is 310 g/mol. The van der Waals surface area contributed by atoms with Gasteiger partial charge in [-0.3, -0.25) is 0 Å². The molecule has 0 saturated carbocycles. The van der Waals surface area contributed by atoms with Crippen molar-refractivity contribution in [3.05, 3.63) is 22.4 Å². The van der Waals surface area contributed by atoms with E-state index in [1.165, 1.54) is 11.3 Å². The smallest absolute Gasteiger partial charge is 0.331 e. The number of nitrogens with zero attached hydrogens (tertiary/aromatic N) is 1. The van der Waals surface area contributed by atoms with Crippen LogP contribution in [0.3, 0.4) is 0 Å². The molecule has 1 aromatic heterocycles. The topological polar surface area (TPSA) is 69.6 Å². The van der Waals surface area contributed by atoms with Crippen molar-refractivity contribution >= 4 is 23.3 Å². The molecule has 2 heterocycles. The Balaban J connectivity index is 1.97. The fraction of sp³-hybridized carbons (Fsp3) is 0.600. The molecule has 1 aliphatic heterocycles. The van der Waals surface area contributed by atoms with Crippen LogP contribution in [0.5, 0.6) is 0 Å². The van der Waals surface area contributed by atoms with E-state index in [0.29, 0.717) is 23.9 Å². The van der Waals surface area contributed by atoms with Crippen molar-refractivity contribution in [2.45, 2.75) is 38.6 Å². The number of urea groups is 1. The Morgan fingerprint density at radius 1 is 1.48 bits per heavy atom. The summed E-state index contributed by atoms with van der Waals surface area (Å²) in [5, 5.41) is 13.8. The Labute approximate surface area is 129 Å². The summed E-state index contributed by atoms with van der Waals surface area (Å²) in [7, 11) is 0. The van der Waals surface area contributed by atoms with E-state index < -0.39 is 12.0 Å². The van der Waals surface area contributed by atoms with Crippen molar-refractivity contribution in [2.75, 3.05) is 13.1 Å². The van der Waals surface area contributed by atoms with Gasteiger partial charge < -0.3 is 15.3 Å². The molecular formula is C15H22N2O3S. The van der Waals surface area contributed by atoms with E-state index in [0.717, 1.165) is 25.7 Å². The fourth-order valence-electron chi connectivity index (χ4n) is 2.70. The largest absolute Gasteiger partial charge is 0.479 e. The number of carbonyl (C=O) groups is 2. The van der Waals surface area contributed by atoms with Gasteiger partial charge in [0.1, 0.15) is 0 Å². The molecule has 0 spiro atoms. The number of aliphatic carboxylic acids is 1. The van der Waals surface area contributed by atoms with Crippen LogP contribution in [0.2, 0.25) is 0 Å². The molecule has 1 aliphatic rings. The molecule has 0 aromatic carbocycles. The van der Waals surface area contributed by atoms with E-state index in [2.05, 4.69) is 12.2 Å². The van der Waals surface area contributed by atoms with Crippen LogP contribution in [0.1, 0.15) is 43.5 Å². The normalized spacial score (nSPS) is 20.6. The molecule has 0 bridgehead atoms. The molecule has 2 rings (SSSR count). The summed E-state index contributed by atoms with van der Waals surface area (Å²) >= 11 is 1.34. The van der Waals surface area contributed by atoms with Crippen LogP contribution >= 0.6 is 11.3 Å². The van der Waals surface area contributed by atoms with Crippen molar-refractivity contribution in [3.8, 4) is 0 Å². The number of rotatable bonds is 4. The Hall–Kier alpha value is -1.56. The van der Waals surface area contributed by atoms with Gasteiger partial charge in [0.2, 0.25) is 0 Å². The predicted molar refractivity (Wildman–Crippen MR) is 82.4 cm³/mol. The molecule has 1 saturated heterocycles. The van der Waals surface area contributed by atoms with Gasteiger partial charge in [-0.05, 0) is 36.6 Å². The molecule has 2 N–H and O–H groups in total. The number of carboxylic acid groups (broad SMARTS) is 1. The van der Waals surface area contributed by atoms with Crippen molar-refractivity contribution in [1.29, 1.82) is 0 Å². The summed E-state index contributed by atoms with van der Waals surface area (Å²) in [4.78, 5) is 26.1. The Kier molecular flexibility index (Phi) is 5.61. The van der Waals surface area contributed by atoms with Crippen LogP contribution in [-0.2, 0) is 4.79 Å². The van der Waals surface area contributed by atoms with Gasteiger partial charge in [-0.15, -0.1) is 11.3 Å². The minimum Gasteiger partial charge on any atom is -0.479 e. The van der Waals surface area contributed by atoms with Gasteiger partial charge in [0.15, 0.2) is 6.04 Å². The summed E-state index contributed by atoms with van der Waals surface area (Å²) in [6.07, 6.45) is 4.28. The van der Waals surface area contributed by atoms with Crippen LogP contribution in [0.4, 0.5) is 4.79 Å². The lowest BCUT2D eigenvalue weighted by Gasteiger charge is -2.23. The molecule has 2 unspecified atom stereocenters. The number of likely N-dealkylation sites (tertiary alicyclic amines) is 1. The third-order valence-corrected chi connectivity index (χ3v) is 4.99. The average Bonchev–Trinajstić information content (AvgIpc) is 2.88. The highest BCUT2D eigenvalue weighted by Crippen LogP contribution is 2.22. The van der Waals surface area contributed by atoms with Crippen LogP contribution < -0.4 is 5.32 Å². The highest BCUT2D eigenvalue weighted by atomic mass is 32.1. The maximum Gasteiger partial charge on any atom is 0.331 e. The molecule has 21 heavy (non-hydrogen) atoms. The highest BCUT2D eigenvalue weighted by molar-refractivity contribution is 7.10. The van der Waals surface area contributed by atoms with Gasteiger partial charge in [0.25, 0.3) is 0 Å². The van der Waals surface area contributed by atoms with E-state index in [9.17, 15) is 14.7 Å². The first-order chi connectivity index (χ1) is 10.1. The first-order valence-electron chi connectivity index (χ1n) is 7.43. The summed E-state index contributed by atoms with van der Waals surface area (Å²) in [6, 6.07) is 2.30. The molecular weight excluding hydrogens is 288 g/mol. The number of carbonyl (C=O) groups excluding carboxylic acids is 1. The zero-order valence-corrected chi connectivity index (χ0v) is 13.1. The van der Waals surface area contributed by atoms with Crippen LogP contribution in [0, 0.1) is 5.92 Å². The Morgan fingerprint density at radius 2 is 2.29 bits per heavy atom. The predicted octanol–water partition coefficient (Wildman–Crippen LogP) is 3.10. The number of hydrogen-bond acceptors (Lipinski definition) is 3. The van der Waals surface area contributed by atoms with Crippen LogP contribution in [-0.4, -0.2) is 35.1 Å². The molecule has 116 valence electrons. The van der Waals surface area contributed by atoms with E-state index in [1.807, 2.05) is 5.38 Å². The third kappa shape index (κ3) is 4.20. The molecule has 0 aliphatic carbocycles. The first-order valence-corrected chi connectivity index (χ1v) is 8.31. The zero-order chi connectivity index (χ0) is 15.2. The van der Waals surface area contributed by atoms with Crippen molar-refractivity contribution in [3.63, 3.8) is 0 Å². The standard InChI is InChI=1S/C15H22N2O3S/c1-2-11-5-3-8-17(9-7-11)15(20)16-13(14(18)19)12-6-4-10-21-12/h4,6,10-11,13H,2-3,5,7-9H2,1H3,(H,16,20)(H,18,19). The number of nitrogens with one attached hydrogen (secondary N) is 1. The third-order valence-electron chi connectivity index (χ3n) is 4.05. The maximum atomic E-state index is 12.3. The van der Waals surface area contributed by atoms with Gasteiger partial charge >= 0.3 is 12.0 Å². The molecule has 5 nitrogen and oxygen atoms in total. The minimum atomic E-state index is -1.02. The Bertz CT molecular complexity index is 475. The summed E-state index contributed by atoms with van der Waals surface area (Å²) in [6.45, 7) is 3.60. The summed E-state index contributed by atoms with van der Waals surface area (Å²) in [5.74, 6) is -0.345. The molecule has 2 amide bonds. The highest BCUT2D eigenvalue weighted by Gasteiger charge is 2.26. The van der Waals surface area contributed by atoms with Crippen molar-refractivity contribution in [2.24, 2.45) is 5.92 Å². The first kappa shape index (κ1) is 15.8. The minimum absolute atomic E-state index is 0.271. The lowest BCUT2D eigenvalue weighted by Crippen LogP contribution is -2.44. The molecule has 6 heteroatoms. The van der Waals surface area contributed by atoms with E-state index in [4.69, 9.17) is 0 Å². The van der Waals surface area contributed by atoms with E-state index >= 15 is 0 Å². The summed E-state index contributed by atoms with van der Waals surface area (Å²) < 4.78 is 0. The quantitative estimate of drug-likeness (QED) is 0.898. The van der Waals surface area contributed by atoms with Gasteiger partial charge in [0, 0.05) is 18.0 Å². The average molecular weight is 310 g/mol. The van der Waals surface area contributed by atoms with E-state index in [-0.39, 0.29) is 6.03 Å². The summed E-state index contributed by atoms with van der Waals surface area (Å²) in [5.41, 5.74) is 0. The lowest BCUT2D eigenvalue weighted by atomic mass is 9.98.